The largest absolute Gasteiger partial charge is 0.406 e. The van der Waals surface area contributed by atoms with E-state index in [1.54, 1.807) is 24.0 Å². The summed E-state index contributed by atoms with van der Waals surface area (Å²) in [5, 5.41) is 8.63. The number of alkyl halides is 3. The van der Waals surface area contributed by atoms with Crippen molar-refractivity contribution in [2.24, 2.45) is 5.92 Å². The van der Waals surface area contributed by atoms with Gasteiger partial charge in [-0.2, -0.15) is 18.4 Å². The molecule has 2 nitrogen and oxygen atoms in total. The summed E-state index contributed by atoms with van der Waals surface area (Å²) in [6, 6.07) is 8.55. The molecule has 0 saturated heterocycles. The van der Waals surface area contributed by atoms with Crippen LogP contribution in [0.5, 0.6) is 0 Å². The highest BCUT2D eigenvalue weighted by Crippen LogP contribution is 2.28. The summed E-state index contributed by atoms with van der Waals surface area (Å²) in [6.07, 6.45) is -4.48. The number of nitriles is 1. The second-order valence-corrected chi connectivity index (χ2v) is 4.05. The van der Waals surface area contributed by atoms with E-state index in [1.807, 2.05) is 19.1 Å². The summed E-state index contributed by atoms with van der Waals surface area (Å²) in [4.78, 5) is 1.58. The molecule has 0 aliphatic heterocycles. The van der Waals surface area contributed by atoms with E-state index in [9.17, 15) is 13.2 Å². The van der Waals surface area contributed by atoms with Crippen LogP contribution in [0, 0.1) is 24.2 Å². The van der Waals surface area contributed by atoms with Gasteiger partial charge in [-0.3, -0.25) is 0 Å². The summed E-state index contributed by atoms with van der Waals surface area (Å²) in [6.45, 7) is 3.71. The molecular weight excluding hydrogens is 241 g/mol. The van der Waals surface area contributed by atoms with E-state index in [0.717, 1.165) is 11.3 Å². The average molecular weight is 256 g/mol. The number of hydrogen-bond donors (Lipinski definition) is 0. The van der Waals surface area contributed by atoms with Gasteiger partial charge in [0.2, 0.25) is 0 Å². The number of anilines is 1. The van der Waals surface area contributed by atoms with E-state index in [-0.39, 0.29) is 6.54 Å². The van der Waals surface area contributed by atoms with Crippen molar-refractivity contribution in [3.63, 3.8) is 0 Å². The van der Waals surface area contributed by atoms with Crippen LogP contribution in [-0.2, 0) is 0 Å². The van der Waals surface area contributed by atoms with E-state index in [0.29, 0.717) is 6.54 Å². The Bertz CT molecular complexity index is 435. The zero-order valence-corrected chi connectivity index (χ0v) is 10.3. The minimum absolute atomic E-state index is 0.332. The Labute approximate surface area is 105 Å². The van der Waals surface area contributed by atoms with Crippen molar-refractivity contribution in [1.29, 1.82) is 5.26 Å². The van der Waals surface area contributed by atoms with Gasteiger partial charge in [-0.05, 0) is 25.5 Å². The molecule has 0 spiro atoms. The minimum atomic E-state index is -4.48. The quantitative estimate of drug-likeness (QED) is 0.824. The maximum absolute atomic E-state index is 12.6. The molecule has 0 aliphatic rings. The third-order valence-electron chi connectivity index (χ3n) is 2.79. The standard InChI is InChI=1S/C13H15F3N2/c1-3-18(9-11(8-17)13(14,15)16)12-7-5-4-6-10(12)2/h4-7,11H,3,9H2,1-2H3. The zero-order chi connectivity index (χ0) is 13.8. The molecular formula is C13H15F3N2. The molecule has 98 valence electrons. The van der Waals surface area contributed by atoms with Gasteiger partial charge in [0, 0.05) is 18.8 Å². The van der Waals surface area contributed by atoms with Crippen molar-refractivity contribution in [1.82, 2.24) is 0 Å². The van der Waals surface area contributed by atoms with E-state index in [2.05, 4.69) is 0 Å². The van der Waals surface area contributed by atoms with Gasteiger partial charge in [0.15, 0.2) is 5.92 Å². The van der Waals surface area contributed by atoms with Gasteiger partial charge in [0.25, 0.3) is 0 Å². The number of benzene rings is 1. The van der Waals surface area contributed by atoms with E-state index < -0.39 is 12.1 Å². The van der Waals surface area contributed by atoms with Crippen LogP contribution < -0.4 is 4.90 Å². The Morgan fingerprint density at radius 3 is 2.39 bits per heavy atom. The lowest BCUT2D eigenvalue weighted by molar-refractivity contribution is -0.156. The summed E-state index contributed by atoms with van der Waals surface area (Å²) in [5.74, 6) is -1.96. The van der Waals surface area contributed by atoms with Gasteiger partial charge < -0.3 is 4.90 Å². The van der Waals surface area contributed by atoms with Crippen molar-refractivity contribution in [3.05, 3.63) is 29.8 Å². The lowest BCUT2D eigenvalue weighted by Crippen LogP contribution is -2.36. The van der Waals surface area contributed by atoms with E-state index >= 15 is 0 Å². The topological polar surface area (TPSA) is 27.0 Å². The Morgan fingerprint density at radius 1 is 1.33 bits per heavy atom. The maximum Gasteiger partial charge on any atom is 0.406 e. The molecule has 0 heterocycles. The second kappa shape index (κ2) is 5.76. The first kappa shape index (κ1) is 14.4. The number of rotatable bonds is 4. The normalized spacial score (nSPS) is 12.9. The molecule has 0 N–H and O–H groups in total. The fraction of sp³-hybridized carbons (Fsp3) is 0.462. The lowest BCUT2D eigenvalue weighted by atomic mass is 10.1. The van der Waals surface area contributed by atoms with Gasteiger partial charge in [-0.1, -0.05) is 18.2 Å². The molecule has 5 heteroatoms. The van der Waals surface area contributed by atoms with E-state index in [1.165, 1.54) is 6.07 Å². The first-order chi connectivity index (χ1) is 8.40. The van der Waals surface area contributed by atoms with Crippen LogP contribution in [0.2, 0.25) is 0 Å². The van der Waals surface area contributed by atoms with Gasteiger partial charge in [-0.25, -0.2) is 0 Å². The third-order valence-corrected chi connectivity index (χ3v) is 2.79. The fourth-order valence-electron chi connectivity index (χ4n) is 1.75. The van der Waals surface area contributed by atoms with Crippen molar-refractivity contribution in [3.8, 4) is 6.07 Å². The van der Waals surface area contributed by atoms with Crippen molar-refractivity contribution in [2.75, 3.05) is 18.0 Å². The maximum atomic E-state index is 12.6. The monoisotopic (exact) mass is 256 g/mol. The molecule has 0 fully saturated rings. The van der Waals surface area contributed by atoms with Crippen molar-refractivity contribution in [2.45, 2.75) is 20.0 Å². The minimum Gasteiger partial charge on any atom is -0.370 e. The summed E-state index contributed by atoms with van der Waals surface area (Å²) < 4.78 is 37.8. The predicted octanol–water partition coefficient (Wildman–Crippen LogP) is 3.52. The van der Waals surface area contributed by atoms with Crippen molar-refractivity contribution < 1.29 is 13.2 Å². The Balaban J connectivity index is 2.93. The van der Waals surface area contributed by atoms with Crippen LogP contribution in [0.3, 0.4) is 0 Å². The Hall–Kier alpha value is -1.70. The number of nitrogens with zero attached hydrogens (tertiary/aromatic N) is 2. The zero-order valence-electron chi connectivity index (χ0n) is 10.3. The molecule has 0 amide bonds. The number of para-hydroxylation sites is 1. The first-order valence-corrected chi connectivity index (χ1v) is 5.67. The van der Waals surface area contributed by atoms with Crippen LogP contribution in [-0.4, -0.2) is 19.3 Å². The Morgan fingerprint density at radius 2 is 1.94 bits per heavy atom. The Kier molecular flexibility index (Phi) is 4.60. The smallest absolute Gasteiger partial charge is 0.370 e. The van der Waals surface area contributed by atoms with Crippen LogP contribution in [0.25, 0.3) is 0 Å². The van der Waals surface area contributed by atoms with Gasteiger partial charge in [0.05, 0.1) is 6.07 Å². The molecule has 0 saturated carbocycles. The van der Waals surface area contributed by atoms with Gasteiger partial charge in [0.1, 0.15) is 0 Å². The number of halogens is 3. The molecule has 1 rings (SSSR count). The van der Waals surface area contributed by atoms with Gasteiger partial charge >= 0.3 is 6.18 Å². The average Bonchev–Trinajstić information content (AvgIpc) is 2.30. The second-order valence-electron chi connectivity index (χ2n) is 4.05. The van der Waals surface area contributed by atoms with Crippen LogP contribution in [0.1, 0.15) is 12.5 Å². The summed E-state index contributed by atoms with van der Waals surface area (Å²) in [7, 11) is 0. The molecule has 18 heavy (non-hydrogen) atoms. The fourth-order valence-corrected chi connectivity index (χ4v) is 1.75. The predicted molar refractivity (Wildman–Crippen MR) is 64.2 cm³/mol. The molecule has 0 aromatic heterocycles. The molecule has 1 atom stereocenters. The number of hydrogen-bond acceptors (Lipinski definition) is 2. The third kappa shape index (κ3) is 3.39. The molecule has 0 radical (unpaired) electrons. The highest BCUT2D eigenvalue weighted by Gasteiger charge is 2.40. The SMILES string of the molecule is CCN(CC(C#N)C(F)(F)F)c1ccccc1C. The molecule has 0 bridgehead atoms. The molecule has 0 aliphatic carbocycles. The highest BCUT2D eigenvalue weighted by molar-refractivity contribution is 5.53. The lowest BCUT2D eigenvalue weighted by Gasteiger charge is -2.27. The highest BCUT2D eigenvalue weighted by atomic mass is 19.4. The molecule has 1 aromatic rings. The van der Waals surface area contributed by atoms with Crippen molar-refractivity contribution >= 4 is 5.69 Å². The number of aryl methyl sites for hydroxylation is 1. The van der Waals surface area contributed by atoms with Crippen LogP contribution in [0.15, 0.2) is 24.3 Å². The summed E-state index contributed by atoms with van der Waals surface area (Å²) in [5.41, 5.74) is 1.64. The van der Waals surface area contributed by atoms with Crippen LogP contribution in [0.4, 0.5) is 18.9 Å². The first-order valence-electron chi connectivity index (χ1n) is 5.67. The summed E-state index contributed by atoms with van der Waals surface area (Å²) >= 11 is 0. The van der Waals surface area contributed by atoms with Gasteiger partial charge in [-0.15, -0.1) is 0 Å². The van der Waals surface area contributed by atoms with Crippen LogP contribution >= 0.6 is 0 Å². The molecule has 1 unspecified atom stereocenters. The van der Waals surface area contributed by atoms with E-state index in [4.69, 9.17) is 5.26 Å². The molecule has 1 aromatic carbocycles.